The van der Waals surface area contributed by atoms with E-state index in [1.165, 1.54) is 12.0 Å². The van der Waals surface area contributed by atoms with Gasteiger partial charge < -0.3 is 10.6 Å². The Labute approximate surface area is 110 Å². The van der Waals surface area contributed by atoms with Gasteiger partial charge in [0, 0.05) is 19.6 Å². The van der Waals surface area contributed by atoms with Crippen LogP contribution in [0.2, 0.25) is 0 Å². The molecule has 1 aliphatic carbocycles. The number of benzene rings is 1. The van der Waals surface area contributed by atoms with Crippen molar-refractivity contribution in [3.8, 4) is 0 Å². The van der Waals surface area contributed by atoms with Gasteiger partial charge in [-0.1, -0.05) is 37.3 Å². The van der Waals surface area contributed by atoms with E-state index >= 15 is 0 Å². The molecule has 2 atom stereocenters. The second-order valence-electron chi connectivity index (χ2n) is 5.05. The highest BCUT2D eigenvalue weighted by Gasteiger charge is 2.32. The average molecular weight is 245 g/mol. The highest BCUT2D eigenvalue weighted by molar-refractivity contribution is 5.80. The molecular formula is C15H23N3. The third kappa shape index (κ3) is 4.06. The minimum Gasteiger partial charge on any atom is -0.356 e. The van der Waals surface area contributed by atoms with Crippen molar-refractivity contribution in [2.24, 2.45) is 10.9 Å². The normalized spacial score (nSPS) is 22.7. The average Bonchev–Trinajstić information content (AvgIpc) is 3.10. The van der Waals surface area contributed by atoms with Gasteiger partial charge in [0.15, 0.2) is 5.96 Å². The maximum atomic E-state index is 4.24. The highest BCUT2D eigenvalue weighted by atomic mass is 15.2. The van der Waals surface area contributed by atoms with E-state index < -0.39 is 0 Å². The first-order valence-electron chi connectivity index (χ1n) is 6.80. The van der Waals surface area contributed by atoms with Gasteiger partial charge in [-0.2, -0.15) is 0 Å². The SMILES string of the molecule is CN=C(NCCCc1ccccc1)NC1CC1C. The zero-order valence-corrected chi connectivity index (χ0v) is 11.3. The minimum absolute atomic E-state index is 0.630. The van der Waals surface area contributed by atoms with Crippen LogP contribution in [0.3, 0.4) is 0 Å². The number of aryl methyl sites for hydroxylation is 1. The van der Waals surface area contributed by atoms with Crippen LogP contribution in [0.15, 0.2) is 35.3 Å². The second-order valence-corrected chi connectivity index (χ2v) is 5.05. The van der Waals surface area contributed by atoms with Crippen LogP contribution in [0, 0.1) is 5.92 Å². The van der Waals surface area contributed by atoms with Crippen LogP contribution in [0.5, 0.6) is 0 Å². The van der Waals surface area contributed by atoms with Gasteiger partial charge in [-0.3, -0.25) is 4.99 Å². The Kier molecular flexibility index (Phi) is 4.62. The van der Waals surface area contributed by atoms with E-state index in [0.717, 1.165) is 31.3 Å². The van der Waals surface area contributed by atoms with Crippen LogP contribution in [-0.2, 0) is 6.42 Å². The van der Waals surface area contributed by atoms with Crippen molar-refractivity contribution < 1.29 is 0 Å². The molecule has 0 heterocycles. The molecule has 3 nitrogen and oxygen atoms in total. The van der Waals surface area contributed by atoms with E-state index in [-0.39, 0.29) is 0 Å². The molecule has 98 valence electrons. The summed E-state index contributed by atoms with van der Waals surface area (Å²) in [5.41, 5.74) is 1.40. The molecule has 0 radical (unpaired) electrons. The molecule has 0 aromatic heterocycles. The van der Waals surface area contributed by atoms with Crippen LogP contribution >= 0.6 is 0 Å². The quantitative estimate of drug-likeness (QED) is 0.474. The Morgan fingerprint density at radius 1 is 1.33 bits per heavy atom. The van der Waals surface area contributed by atoms with Gasteiger partial charge in [-0.15, -0.1) is 0 Å². The molecule has 1 aliphatic rings. The molecule has 2 unspecified atom stereocenters. The van der Waals surface area contributed by atoms with Crippen LogP contribution < -0.4 is 10.6 Å². The maximum Gasteiger partial charge on any atom is 0.191 e. The molecule has 2 N–H and O–H groups in total. The van der Waals surface area contributed by atoms with Crippen molar-refractivity contribution in [1.82, 2.24) is 10.6 Å². The van der Waals surface area contributed by atoms with Crippen molar-refractivity contribution in [3.05, 3.63) is 35.9 Å². The summed E-state index contributed by atoms with van der Waals surface area (Å²) in [7, 11) is 1.83. The van der Waals surface area contributed by atoms with Gasteiger partial charge in [0.2, 0.25) is 0 Å². The molecule has 0 spiro atoms. The minimum atomic E-state index is 0.630. The number of nitrogens with zero attached hydrogens (tertiary/aromatic N) is 1. The van der Waals surface area contributed by atoms with E-state index in [1.807, 2.05) is 7.05 Å². The van der Waals surface area contributed by atoms with Crippen LogP contribution in [0.4, 0.5) is 0 Å². The lowest BCUT2D eigenvalue weighted by Crippen LogP contribution is -2.39. The molecule has 1 aromatic carbocycles. The Hall–Kier alpha value is -1.51. The molecular weight excluding hydrogens is 222 g/mol. The van der Waals surface area contributed by atoms with E-state index in [9.17, 15) is 0 Å². The van der Waals surface area contributed by atoms with Crippen LogP contribution in [0.25, 0.3) is 0 Å². The summed E-state index contributed by atoms with van der Waals surface area (Å²) >= 11 is 0. The molecule has 1 aromatic rings. The molecule has 1 fully saturated rings. The molecule has 0 bridgehead atoms. The van der Waals surface area contributed by atoms with E-state index in [0.29, 0.717) is 6.04 Å². The zero-order chi connectivity index (χ0) is 12.8. The first kappa shape index (κ1) is 12.9. The fraction of sp³-hybridized carbons (Fsp3) is 0.533. The Morgan fingerprint density at radius 2 is 2.06 bits per heavy atom. The molecule has 1 saturated carbocycles. The number of hydrogen-bond acceptors (Lipinski definition) is 1. The monoisotopic (exact) mass is 245 g/mol. The summed E-state index contributed by atoms with van der Waals surface area (Å²) in [6.07, 6.45) is 3.51. The van der Waals surface area contributed by atoms with Gasteiger partial charge >= 0.3 is 0 Å². The molecule has 0 saturated heterocycles. The van der Waals surface area contributed by atoms with Gasteiger partial charge in [0.1, 0.15) is 0 Å². The molecule has 0 amide bonds. The number of aliphatic imine (C=N–C) groups is 1. The molecule has 0 aliphatic heterocycles. The van der Waals surface area contributed by atoms with Gasteiger partial charge in [-0.25, -0.2) is 0 Å². The fourth-order valence-electron chi connectivity index (χ4n) is 2.04. The van der Waals surface area contributed by atoms with Crippen LogP contribution in [0.1, 0.15) is 25.3 Å². The predicted molar refractivity (Wildman–Crippen MR) is 76.8 cm³/mol. The fourth-order valence-corrected chi connectivity index (χ4v) is 2.04. The second kappa shape index (κ2) is 6.43. The Bertz CT molecular complexity index is 386. The summed E-state index contributed by atoms with van der Waals surface area (Å²) < 4.78 is 0. The van der Waals surface area contributed by atoms with Crippen molar-refractivity contribution in [1.29, 1.82) is 0 Å². The molecule has 3 heteroatoms. The summed E-state index contributed by atoms with van der Waals surface area (Å²) in [6, 6.07) is 11.2. The maximum absolute atomic E-state index is 4.24. The smallest absolute Gasteiger partial charge is 0.191 e. The number of nitrogens with one attached hydrogen (secondary N) is 2. The first-order valence-corrected chi connectivity index (χ1v) is 6.80. The van der Waals surface area contributed by atoms with Gasteiger partial charge in [-0.05, 0) is 30.7 Å². The predicted octanol–water partition coefficient (Wildman–Crippen LogP) is 2.19. The van der Waals surface area contributed by atoms with Crippen LogP contribution in [-0.4, -0.2) is 25.6 Å². The lowest BCUT2D eigenvalue weighted by molar-refractivity contribution is 0.726. The summed E-state index contributed by atoms with van der Waals surface area (Å²) in [5, 5.41) is 6.80. The van der Waals surface area contributed by atoms with Crippen molar-refractivity contribution in [3.63, 3.8) is 0 Å². The lowest BCUT2D eigenvalue weighted by atomic mass is 10.1. The third-order valence-electron chi connectivity index (χ3n) is 3.43. The van der Waals surface area contributed by atoms with Gasteiger partial charge in [0.05, 0.1) is 0 Å². The first-order chi connectivity index (χ1) is 8.79. The topological polar surface area (TPSA) is 36.4 Å². The van der Waals surface area contributed by atoms with Crippen molar-refractivity contribution in [2.45, 2.75) is 32.2 Å². The number of rotatable bonds is 5. The zero-order valence-electron chi connectivity index (χ0n) is 11.3. The number of guanidine groups is 1. The summed E-state index contributed by atoms with van der Waals surface area (Å²) in [6.45, 7) is 3.23. The van der Waals surface area contributed by atoms with E-state index in [2.05, 4.69) is 52.9 Å². The number of hydrogen-bond donors (Lipinski definition) is 2. The third-order valence-corrected chi connectivity index (χ3v) is 3.43. The van der Waals surface area contributed by atoms with Gasteiger partial charge in [0.25, 0.3) is 0 Å². The largest absolute Gasteiger partial charge is 0.356 e. The van der Waals surface area contributed by atoms with E-state index in [4.69, 9.17) is 0 Å². The van der Waals surface area contributed by atoms with E-state index in [1.54, 1.807) is 0 Å². The lowest BCUT2D eigenvalue weighted by Gasteiger charge is -2.11. The standard InChI is InChI=1S/C15H23N3/c1-12-11-14(12)18-15(16-2)17-10-6-9-13-7-4-3-5-8-13/h3-5,7-8,12,14H,6,9-11H2,1-2H3,(H2,16,17,18). The molecule has 2 rings (SSSR count). The van der Waals surface area contributed by atoms with Crippen molar-refractivity contribution in [2.75, 3.05) is 13.6 Å². The summed E-state index contributed by atoms with van der Waals surface area (Å²) in [4.78, 5) is 4.24. The van der Waals surface area contributed by atoms with Crippen molar-refractivity contribution >= 4 is 5.96 Å². The molecule has 18 heavy (non-hydrogen) atoms. The Morgan fingerprint density at radius 3 is 2.67 bits per heavy atom. The Balaban J connectivity index is 1.62. The summed E-state index contributed by atoms with van der Waals surface area (Å²) in [5.74, 6) is 1.74. The highest BCUT2D eigenvalue weighted by Crippen LogP contribution is 2.28.